The van der Waals surface area contributed by atoms with Gasteiger partial charge in [0.1, 0.15) is 24.4 Å². The SMILES string of the molecule is CC1=C(/C=C/C(C)=C/C=C/C(C)=C/C=C/C=C(C)/C=C/C=C(C)/C=C/C=C(C)/C=C/C(O[C@@H]2O[C@@H](C)[C@@H](O)[C@@H](O)[C@@H]2O)C(C)(C)O)C(C)(C)CC(O)C1. The number of aliphatic hydroxyl groups excluding tert-OH is 4. The third-order valence-electron chi connectivity index (χ3n) is 9.29. The minimum absolute atomic E-state index is 0.0186. The van der Waals surface area contributed by atoms with Crippen LogP contribution < -0.4 is 0 Å². The Morgan fingerprint density at radius 2 is 1.17 bits per heavy atom. The lowest BCUT2D eigenvalue weighted by Gasteiger charge is -2.41. The van der Waals surface area contributed by atoms with Crippen molar-refractivity contribution in [3.05, 3.63) is 142 Å². The predicted molar refractivity (Wildman–Crippen MR) is 219 cm³/mol. The van der Waals surface area contributed by atoms with Gasteiger partial charge in [0.25, 0.3) is 0 Å². The summed E-state index contributed by atoms with van der Waals surface area (Å²) in [7, 11) is 0. The molecule has 0 saturated carbocycles. The zero-order valence-electron chi connectivity index (χ0n) is 33.8. The Hall–Kier alpha value is -3.40. The average molecular weight is 731 g/mol. The van der Waals surface area contributed by atoms with Crippen molar-refractivity contribution in [1.29, 1.82) is 0 Å². The van der Waals surface area contributed by atoms with Crippen LogP contribution in [0, 0.1) is 5.41 Å². The van der Waals surface area contributed by atoms with Gasteiger partial charge in [-0.05, 0) is 86.1 Å². The number of allylic oxidation sites excluding steroid dienone is 22. The lowest BCUT2D eigenvalue weighted by atomic mass is 9.71. The summed E-state index contributed by atoms with van der Waals surface area (Å²) in [5.74, 6) is 0. The summed E-state index contributed by atoms with van der Waals surface area (Å²) in [4.78, 5) is 0. The first-order valence-electron chi connectivity index (χ1n) is 18.6. The highest BCUT2D eigenvalue weighted by Crippen LogP contribution is 2.41. The van der Waals surface area contributed by atoms with Gasteiger partial charge in [-0.1, -0.05) is 151 Å². The lowest BCUT2D eigenvalue weighted by molar-refractivity contribution is -0.309. The molecule has 1 heterocycles. The van der Waals surface area contributed by atoms with Crippen LogP contribution >= 0.6 is 0 Å². The Labute approximate surface area is 319 Å². The molecule has 1 aliphatic carbocycles. The van der Waals surface area contributed by atoms with Crippen LogP contribution in [0.2, 0.25) is 0 Å². The molecule has 0 spiro atoms. The van der Waals surface area contributed by atoms with E-state index in [2.05, 4.69) is 90.2 Å². The van der Waals surface area contributed by atoms with Gasteiger partial charge in [-0.15, -0.1) is 0 Å². The Kier molecular flexibility index (Phi) is 18.5. The van der Waals surface area contributed by atoms with Crippen LogP contribution in [-0.4, -0.2) is 74.0 Å². The zero-order chi connectivity index (χ0) is 39.9. The van der Waals surface area contributed by atoms with Crippen LogP contribution in [0.3, 0.4) is 0 Å². The Bertz CT molecular complexity index is 1580. The summed E-state index contributed by atoms with van der Waals surface area (Å²) in [5.41, 5.74) is 6.72. The molecule has 7 atom stereocenters. The van der Waals surface area contributed by atoms with E-state index in [4.69, 9.17) is 9.47 Å². The van der Waals surface area contributed by atoms with E-state index in [1.54, 1.807) is 26.8 Å². The molecule has 0 aromatic heterocycles. The summed E-state index contributed by atoms with van der Waals surface area (Å²) in [6.45, 7) is 21.5. The molecule has 0 aromatic rings. The van der Waals surface area contributed by atoms with Crippen LogP contribution in [0.1, 0.15) is 89.0 Å². The molecular weight excluding hydrogens is 664 g/mol. The lowest BCUT2D eigenvalue weighted by Crippen LogP contribution is -2.58. The minimum Gasteiger partial charge on any atom is -0.393 e. The maximum atomic E-state index is 10.7. The predicted octanol–water partition coefficient (Wildman–Crippen LogP) is 8.54. The van der Waals surface area contributed by atoms with Gasteiger partial charge in [-0.2, -0.15) is 0 Å². The van der Waals surface area contributed by atoms with Crippen molar-refractivity contribution < 1.29 is 35.0 Å². The van der Waals surface area contributed by atoms with Crippen molar-refractivity contribution in [2.24, 2.45) is 5.41 Å². The van der Waals surface area contributed by atoms with Crippen molar-refractivity contribution in [2.75, 3.05) is 0 Å². The van der Waals surface area contributed by atoms with Gasteiger partial charge in [0.2, 0.25) is 0 Å². The highest BCUT2D eigenvalue weighted by molar-refractivity contribution is 5.38. The quantitative estimate of drug-likeness (QED) is 0.107. The highest BCUT2D eigenvalue weighted by atomic mass is 16.7. The third-order valence-corrected chi connectivity index (χ3v) is 9.29. The molecule has 7 nitrogen and oxygen atoms in total. The van der Waals surface area contributed by atoms with E-state index in [0.717, 1.165) is 35.1 Å². The second-order valence-electron chi connectivity index (χ2n) is 15.7. The number of hydrogen-bond donors (Lipinski definition) is 5. The zero-order valence-corrected chi connectivity index (χ0v) is 33.8. The van der Waals surface area contributed by atoms with Crippen molar-refractivity contribution in [3.8, 4) is 0 Å². The highest BCUT2D eigenvalue weighted by Gasteiger charge is 2.44. The van der Waals surface area contributed by atoms with Gasteiger partial charge in [0.15, 0.2) is 6.29 Å². The second-order valence-corrected chi connectivity index (χ2v) is 15.7. The summed E-state index contributed by atoms with van der Waals surface area (Å²) in [5, 5.41) is 51.2. The summed E-state index contributed by atoms with van der Waals surface area (Å²) >= 11 is 0. The maximum Gasteiger partial charge on any atom is 0.187 e. The fourth-order valence-corrected chi connectivity index (χ4v) is 6.10. The standard InChI is InChI=1S/C46H66O7/c1-31(17-12-13-18-32(2)20-15-23-34(4)25-27-39-36(6)29-38(47)30-45(39,8)9)19-14-21-33(3)22-16-24-35(5)26-28-40(46(10,11)51)53-44-43(50)42(49)41(48)37(7)52-44/h12-28,37-38,40-44,47-51H,29-30H2,1-11H3/b13-12+,19-14+,20-15+,22-16+,27-25+,28-26+,31-17+,32-18+,33-21+,34-23+,35-24+/t37-,38?,40?,41+,42+,43-,44-/m0/s1. The molecule has 2 unspecified atom stereocenters. The minimum atomic E-state index is -1.45. The Morgan fingerprint density at radius 3 is 1.64 bits per heavy atom. The number of ether oxygens (including phenoxy) is 2. The molecule has 2 aliphatic rings. The fraction of sp³-hybridized carbons (Fsp3) is 0.478. The number of rotatable bonds is 15. The fourth-order valence-electron chi connectivity index (χ4n) is 6.10. The second kappa shape index (κ2) is 21.5. The van der Waals surface area contributed by atoms with E-state index in [0.29, 0.717) is 0 Å². The van der Waals surface area contributed by atoms with E-state index in [-0.39, 0.29) is 11.5 Å². The van der Waals surface area contributed by atoms with Gasteiger partial charge in [-0.3, -0.25) is 0 Å². The molecule has 1 saturated heterocycles. The molecule has 0 radical (unpaired) electrons. The van der Waals surface area contributed by atoms with Gasteiger partial charge >= 0.3 is 0 Å². The van der Waals surface area contributed by atoms with Crippen LogP contribution in [0.4, 0.5) is 0 Å². The van der Waals surface area contributed by atoms with Crippen molar-refractivity contribution in [3.63, 3.8) is 0 Å². The van der Waals surface area contributed by atoms with E-state index in [1.807, 2.05) is 62.5 Å². The largest absolute Gasteiger partial charge is 0.393 e. The third kappa shape index (κ3) is 16.2. The average Bonchev–Trinajstić information content (AvgIpc) is 3.04. The molecule has 292 valence electrons. The topological polar surface area (TPSA) is 120 Å². The van der Waals surface area contributed by atoms with E-state index >= 15 is 0 Å². The van der Waals surface area contributed by atoms with Crippen molar-refractivity contribution in [1.82, 2.24) is 0 Å². The number of hydrogen-bond acceptors (Lipinski definition) is 7. The van der Waals surface area contributed by atoms with Crippen LogP contribution in [0.15, 0.2) is 142 Å². The normalized spacial score (nSPS) is 28.3. The molecule has 1 fully saturated rings. The molecule has 1 aliphatic heterocycles. The van der Waals surface area contributed by atoms with Gasteiger partial charge in [0, 0.05) is 0 Å². The summed E-state index contributed by atoms with van der Waals surface area (Å²) in [6, 6.07) is 0. The maximum absolute atomic E-state index is 10.7. The Morgan fingerprint density at radius 1 is 0.717 bits per heavy atom. The first-order valence-corrected chi connectivity index (χ1v) is 18.6. The summed E-state index contributed by atoms with van der Waals surface area (Å²) in [6.07, 6.45) is 28.8. The van der Waals surface area contributed by atoms with E-state index in [1.165, 1.54) is 16.7 Å². The monoisotopic (exact) mass is 730 g/mol. The molecule has 5 N–H and O–H groups in total. The van der Waals surface area contributed by atoms with Gasteiger partial charge < -0.3 is 35.0 Å². The molecule has 0 bridgehead atoms. The molecule has 0 amide bonds. The van der Waals surface area contributed by atoms with Crippen LogP contribution in [0.5, 0.6) is 0 Å². The van der Waals surface area contributed by atoms with E-state index in [9.17, 15) is 25.5 Å². The molecular formula is C46H66O7. The molecule has 7 heteroatoms. The molecule has 0 aromatic carbocycles. The molecule has 53 heavy (non-hydrogen) atoms. The van der Waals surface area contributed by atoms with Crippen molar-refractivity contribution in [2.45, 2.75) is 138 Å². The first-order chi connectivity index (χ1) is 24.7. The van der Waals surface area contributed by atoms with E-state index < -0.39 is 42.4 Å². The van der Waals surface area contributed by atoms with Crippen LogP contribution in [0.25, 0.3) is 0 Å². The Balaban J connectivity index is 1.90. The summed E-state index contributed by atoms with van der Waals surface area (Å²) < 4.78 is 11.4. The van der Waals surface area contributed by atoms with Crippen molar-refractivity contribution >= 4 is 0 Å². The number of aliphatic hydroxyl groups is 5. The van der Waals surface area contributed by atoms with Gasteiger partial charge in [0.05, 0.1) is 17.8 Å². The molecule has 2 rings (SSSR count). The van der Waals surface area contributed by atoms with Gasteiger partial charge in [-0.25, -0.2) is 0 Å². The smallest absolute Gasteiger partial charge is 0.187 e. The van der Waals surface area contributed by atoms with Crippen LogP contribution in [-0.2, 0) is 9.47 Å². The first kappa shape index (κ1) is 45.8.